The van der Waals surface area contributed by atoms with Crippen molar-refractivity contribution in [1.82, 2.24) is 10.1 Å². The molecule has 33 heavy (non-hydrogen) atoms. The van der Waals surface area contributed by atoms with Crippen LogP contribution in [-0.2, 0) is 13.1 Å². The molecule has 6 nitrogen and oxygen atoms in total. The first kappa shape index (κ1) is 22.1. The van der Waals surface area contributed by atoms with Gasteiger partial charge in [0.15, 0.2) is 5.76 Å². The third-order valence-electron chi connectivity index (χ3n) is 5.16. The summed E-state index contributed by atoms with van der Waals surface area (Å²) < 4.78 is 30.0. The number of amides is 1. The summed E-state index contributed by atoms with van der Waals surface area (Å²) in [7, 11) is 3.15. The summed E-state index contributed by atoms with van der Waals surface area (Å²) in [6.45, 7) is 0.524. The molecule has 4 rings (SSSR count). The van der Waals surface area contributed by atoms with Crippen molar-refractivity contribution < 1.29 is 23.2 Å². The van der Waals surface area contributed by atoms with Gasteiger partial charge in [0, 0.05) is 24.2 Å². The van der Waals surface area contributed by atoms with Crippen LogP contribution >= 0.6 is 0 Å². The zero-order chi connectivity index (χ0) is 23.2. The van der Waals surface area contributed by atoms with Crippen LogP contribution in [0.4, 0.5) is 4.39 Å². The van der Waals surface area contributed by atoms with E-state index in [1.165, 1.54) is 18.2 Å². The molecule has 1 amide bonds. The minimum atomic E-state index is -0.462. The number of hydrogen-bond donors (Lipinski definition) is 0. The predicted molar refractivity (Wildman–Crippen MR) is 121 cm³/mol. The Morgan fingerprint density at radius 1 is 0.939 bits per heavy atom. The third kappa shape index (κ3) is 5.20. The fourth-order valence-electron chi connectivity index (χ4n) is 3.52. The van der Waals surface area contributed by atoms with Crippen molar-refractivity contribution in [2.75, 3.05) is 14.2 Å². The molecule has 3 aromatic carbocycles. The molecule has 0 bridgehead atoms. The summed E-state index contributed by atoms with van der Waals surface area (Å²) in [4.78, 5) is 14.8. The number of aromatic nitrogens is 1. The number of hydrogen-bond acceptors (Lipinski definition) is 5. The first-order valence-electron chi connectivity index (χ1n) is 10.3. The topological polar surface area (TPSA) is 64.8 Å². The maximum atomic E-state index is 13.7. The van der Waals surface area contributed by atoms with Crippen molar-refractivity contribution in [3.8, 4) is 22.8 Å². The second-order valence-electron chi connectivity index (χ2n) is 7.41. The zero-order valence-corrected chi connectivity index (χ0v) is 18.3. The lowest BCUT2D eigenvalue weighted by Gasteiger charge is -2.22. The molecule has 4 aromatic rings. The Bertz CT molecular complexity index is 1240. The molecule has 168 valence electrons. The zero-order valence-electron chi connectivity index (χ0n) is 18.3. The van der Waals surface area contributed by atoms with Crippen LogP contribution < -0.4 is 9.47 Å². The van der Waals surface area contributed by atoms with Crippen LogP contribution in [-0.4, -0.2) is 30.2 Å². The van der Waals surface area contributed by atoms with Crippen molar-refractivity contribution in [3.05, 3.63) is 102 Å². The Morgan fingerprint density at radius 3 is 2.48 bits per heavy atom. The third-order valence-corrected chi connectivity index (χ3v) is 5.16. The van der Waals surface area contributed by atoms with E-state index in [0.29, 0.717) is 35.1 Å². The van der Waals surface area contributed by atoms with Gasteiger partial charge in [0.25, 0.3) is 5.91 Å². The van der Waals surface area contributed by atoms with Gasteiger partial charge in [0.2, 0.25) is 0 Å². The maximum absolute atomic E-state index is 13.7. The molecule has 0 N–H and O–H groups in total. The van der Waals surface area contributed by atoms with Crippen LogP contribution in [0.3, 0.4) is 0 Å². The molecule has 0 aliphatic heterocycles. The van der Waals surface area contributed by atoms with Gasteiger partial charge >= 0.3 is 0 Å². The van der Waals surface area contributed by atoms with Gasteiger partial charge in [-0.2, -0.15) is 0 Å². The Kier molecular flexibility index (Phi) is 6.69. The predicted octanol–water partition coefficient (Wildman–Crippen LogP) is 5.34. The van der Waals surface area contributed by atoms with Gasteiger partial charge in [-0.05, 0) is 35.9 Å². The number of carbonyl (C=O) groups is 1. The van der Waals surface area contributed by atoms with E-state index in [0.717, 1.165) is 5.56 Å². The molecule has 1 aromatic heterocycles. The average Bonchev–Trinajstić information content (AvgIpc) is 3.31. The van der Waals surface area contributed by atoms with Crippen molar-refractivity contribution in [2.24, 2.45) is 0 Å². The number of benzene rings is 3. The normalized spacial score (nSPS) is 10.6. The quantitative estimate of drug-likeness (QED) is 0.366. The fourth-order valence-corrected chi connectivity index (χ4v) is 3.52. The second-order valence-corrected chi connectivity index (χ2v) is 7.41. The molecule has 0 saturated heterocycles. The summed E-state index contributed by atoms with van der Waals surface area (Å²) in [6, 6.07) is 22.4. The Hall–Kier alpha value is -4.13. The molecule has 0 spiro atoms. The van der Waals surface area contributed by atoms with E-state index in [-0.39, 0.29) is 18.0 Å². The Balaban J connectivity index is 1.62. The van der Waals surface area contributed by atoms with Crippen molar-refractivity contribution >= 4 is 5.91 Å². The van der Waals surface area contributed by atoms with Gasteiger partial charge in [0.1, 0.15) is 23.0 Å². The molecule has 0 saturated carbocycles. The highest BCUT2D eigenvalue weighted by Gasteiger charge is 2.20. The average molecular weight is 446 g/mol. The van der Waals surface area contributed by atoms with Gasteiger partial charge in [-0.1, -0.05) is 41.6 Å². The SMILES string of the molecule is COc1ccc(-c2cc(CN(Cc3ccccc3)C(=O)c3cccc(F)c3)no2)c(OC)c1. The summed E-state index contributed by atoms with van der Waals surface area (Å²) in [5, 5.41) is 4.16. The van der Waals surface area contributed by atoms with Crippen LogP contribution in [0.15, 0.2) is 83.4 Å². The second kappa shape index (κ2) is 9.99. The van der Waals surface area contributed by atoms with E-state index in [9.17, 15) is 9.18 Å². The van der Waals surface area contributed by atoms with Crippen LogP contribution in [0.5, 0.6) is 11.5 Å². The standard InChI is InChI=1S/C26H23FN2O4/c1-31-22-11-12-23(24(15-22)32-2)25-14-21(28-33-25)17-29(16-18-7-4-3-5-8-18)26(30)19-9-6-10-20(27)13-19/h3-15H,16-17H2,1-2H3. The van der Waals surface area contributed by atoms with E-state index in [2.05, 4.69) is 5.16 Å². The lowest BCUT2D eigenvalue weighted by Crippen LogP contribution is -2.30. The van der Waals surface area contributed by atoms with Gasteiger partial charge in [-0.15, -0.1) is 0 Å². The minimum absolute atomic E-state index is 0.187. The number of methoxy groups -OCH3 is 2. The first-order chi connectivity index (χ1) is 16.1. The molecule has 0 fully saturated rings. The van der Waals surface area contributed by atoms with Gasteiger partial charge in [0.05, 0.1) is 26.3 Å². The van der Waals surface area contributed by atoms with Crippen LogP contribution in [0.25, 0.3) is 11.3 Å². The molecular formula is C26H23FN2O4. The summed E-state index contributed by atoms with van der Waals surface area (Å²) in [6.07, 6.45) is 0. The number of halogens is 1. The molecule has 0 unspecified atom stereocenters. The minimum Gasteiger partial charge on any atom is -0.497 e. The lowest BCUT2D eigenvalue weighted by molar-refractivity contribution is 0.0725. The lowest BCUT2D eigenvalue weighted by atomic mass is 10.1. The van der Waals surface area contributed by atoms with E-state index in [1.807, 2.05) is 36.4 Å². The van der Waals surface area contributed by atoms with E-state index in [4.69, 9.17) is 14.0 Å². The molecular weight excluding hydrogens is 423 g/mol. The van der Waals surface area contributed by atoms with E-state index < -0.39 is 5.82 Å². The number of nitrogens with zero attached hydrogens (tertiary/aromatic N) is 2. The fraction of sp³-hybridized carbons (Fsp3) is 0.154. The highest BCUT2D eigenvalue weighted by molar-refractivity contribution is 5.94. The Morgan fingerprint density at radius 2 is 1.76 bits per heavy atom. The number of carbonyl (C=O) groups excluding carboxylic acids is 1. The molecule has 1 heterocycles. The first-order valence-corrected chi connectivity index (χ1v) is 10.3. The molecule has 0 radical (unpaired) electrons. The summed E-state index contributed by atoms with van der Waals surface area (Å²) in [5.41, 5.74) is 2.49. The van der Waals surface area contributed by atoms with E-state index >= 15 is 0 Å². The van der Waals surface area contributed by atoms with Crippen LogP contribution in [0, 0.1) is 5.82 Å². The van der Waals surface area contributed by atoms with Crippen LogP contribution in [0.1, 0.15) is 21.6 Å². The highest BCUT2D eigenvalue weighted by Crippen LogP contribution is 2.33. The maximum Gasteiger partial charge on any atom is 0.254 e. The van der Waals surface area contributed by atoms with Crippen LogP contribution in [0.2, 0.25) is 0 Å². The molecule has 0 atom stereocenters. The van der Waals surface area contributed by atoms with E-state index in [1.54, 1.807) is 43.4 Å². The monoisotopic (exact) mass is 446 g/mol. The summed E-state index contributed by atoms with van der Waals surface area (Å²) >= 11 is 0. The number of rotatable bonds is 8. The highest BCUT2D eigenvalue weighted by atomic mass is 19.1. The van der Waals surface area contributed by atoms with Gasteiger partial charge < -0.3 is 18.9 Å². The van der Waals surface area contributed by atoms with Gasteiger partial charge in [-0.25, -0.2) is 4.39 Å². The van der Waals surface area contributed by atoms with Crippen molar-refractivity contribution in [1.29, 1.82) is 0 Å². The molecule has 0 aliphatic rings. The van der Waals surface area contributed by atoms with Gasteiger partial charge in [-0.3, -0.25) is 4.79 Å². The molecule has 0 aliphatic carbocycles. The number of ether oxygens (including phenoxy) is 2. The molecule has 7 heteroatoms. The smallest absolute Gasteiger partial charge is 0.254 e. The Labute approximate surface area is 191 Å². The van der Waals surface area contributed by atoms with Crippen molar-refractivity contribution in [3.63, 3.8) is 0 Å². The summed E-state index contributed by atoms with van der Waals surface area (Å²) in [5.74, 6) is 0.974. The largest absolute Gasteiger partial charge is 0.497 e. The van der Waals surface area contributed by atoms with Crippen molar-refractivity contribution in [2.45, 2.75) is 13.1 Å².